The molecule has 0 fully saturated rings. The van der Waals surface area contributed by atoms with Crippen molar-refractivity contribution in [3.8, 4) is 11.5 Å². The van der Waals surface area contributed by atoms with Crippen LogP contribution in [0.3, 0.4) is 0 Å². The number of aromatic hydroxyl groups is 1. The summed E-state index contributed by atoms with van der Waals surface area (Å²) in [5.74, 6) is -1.07. The zero-order valence-corrected chi connectivity index (χ0v) is 8.76. The first-order valence-corrected chi connectivity index (χ1v) is 5.37. The van der Waals surface area contributed by atoms with Gasteiger partial charge in [0.1, 0.15) is 16.4 Å². The van der Waals surface area contributed by atoms with Gasteiger partial charge in [-0.15, -0.1) is 0 Å². The van der Waals surface area contributed by atoms with E-state index in [2.05, 4.69) is 4.74 Å². The van der Waals surface area contributed by atoms with Crippen LogP contribution in [0.5, 0.6) is 11.5 Å². The summed E-state index contributed by atoms with van der Waals surface area (Å²) in [6.45, 7) is 0. The van der Waals surface area contributed by atoms with Crippen LogP contribution in [0.4, 0.5) is 13.2 Å². The quantitative estimate of drug-likeness (QED) is 0.874. The summed E-state index contributed by atoms with van der Waals surface area (Å²) in [7, 11) is -4.41. The molecule has 0 unspecified atom stereocenters. The van der Waals surface area contributed by atoms with E-state index < -0.39 is 26.0 Å². The second kappa shape index (κ2) is 3.85. The molecule has 0 atom stereocenters. The molecule has 0 heterocycles. The van der Waals surface area contributed by atoms with Crippen molar-refractivity contribution in [1.82, 2.24) is 0 Å². The fourth-order valence-corrected chi connectivity index (χ4v) is 1.83. The van der Waals surface area contributed by atoms with Gasteiger partial charge in [-0.25, -0.2) is 8.42 Å². The van der Waals surface area contributed by atoms with E-state index in [1.54, 1.807) is 0 Å². The van der Waals surface area contributed by atoms with Crippen molar-refractivity contribution < 1.29 is 31.4 Å². The van der Waals surface area contributed by atoms with Gasteiger partial charge in [0.15, 0.2) is 0 Å². The Kier molecular flexibility index (Phi) is 3.04. The Balaban J connectivity index is 3.44. The Hall–Kier alpha value is -1.44. The number of hydrogen-bond donors (Lipinski definition) is 1. The number of methoxy groups -OCH3 is 1. The van der Waals surface area contributed by atoms with Crippen molar-refractivity contribution in [3.63, 3.8) is 0 Å². The Morgan fingerprint density at radius 1 is 1.31 bits per heavy atom. The van der Waals surface area contributed by atoms with Crippen LogP contribution < -0.4 is 4.74 Å². The molecular formula is C8H7F3O4S. The monoisotopic (exact) mass is 256 g/mol. The lowest BCUT2D eigenvalue weighted by atomic mass is 10.3. The van der Waals surface area contributed by atoms with Gasteiger partial charge in [0, 0.05) is 6.07 Å². The molecule has 0 bridgehead atoms. The van der Waals surface area contributed by atoms with Crippen LogP contribution >= 0.6 is 0 Å². The van der Waals surface area contributed by atoms with Gasteiger partial charge in [-0.2, -0.15) is 13.2 Å². The van der Waals surface area contributed by atoms with Gasteiger partial charge in [0.05, 0.1) is 7.11 Å². The summed E-state index contributed by atoms with van der Waals surface area (Å²) in [4.78, 5) is -1.22. The average molecular weight is 256 g/mol. The van der Waals surface area contributed by atoms with Gasteiger partial charge in [0.25, 0.3) is 9.84 Å². The lowest BCUT2D eigenvalue weighted by Crippen LogP contribution is -2.23. The molecule has 1 aromatic carbocycles. The summed E-state index contributed by atoms with van der Waals surface area (Å²) in [6.07, 6.45) is 0. The van der Waals surface area contributed by atoms with Crippen LogP contribution in [0.1, 0.15) is 0 Å². The van der Waals surface area contributed by atoms with Gasteiger partial charge in [-0.05, 0) is 12.1 Å². The molecule has 0 radical (unpaired) electrons. The molecule has 8 heteroatoms. The zero-order valence-electron chi connectivity index (χ0n) is 7.95. The van der Waals surface area contributed by atoms with Crippen LogP contribution in [-0.4, -0.2) is 26.1 Å². The molecular weight excluding hydrogens is 249 g/mol. The molecule has 1 N–H and O–H groups in total. The first-order valence-electron chi connectivity index (χ1n) is 3.88. The van der Waals surface area contributed by atoms with Crippen LogP contribution in [0.25, 0.3) is 0 Å². The Bertz CT molecular complexity index is 492. The molecule has 0 saturated carbocycles. The van der Waals surface area contributed by atoms with Crippen molar-refractivity contribution in [3.05, 3.63) is 18.2 Å². The maximum Gasteiger partial charge on any atom is 0.502 e. The second-order valence-corrected chi connectivity index (χ2v) is 4.69. The zero-order chi connectivity index (χ0) is 12.6. The SMILES string of the molecule is COc1ccc(O)c(S(=O)(=O)C(F)(F)F)c1. The third-order valence-corrected chi connectivity index (χ3v) is 3.28. The fraction of sp³-hybridized carbons (Fsp3) is 0.250. The molecule has 0 aliphatic carbocycles. The Labute approximate surface area is 89.2 Å². The molecule has 0 amide bonds. The van der Waals surface area contributed by atoms with E-state index >= 15 is 0 Å². The average Bonchev–Trinajstić information content (AvgIpc) is 2.16. The number of alkyl halides is 3. The van der Waals surface area contributed by atoms with E-state index in [9.17, 15) is 21.6 Å². The number of phenolic OH excluding ortho intramolecular Hbond substituents is 1. The topological polar surface area (TPSA) is 63.6 Å². The molecule has 90 valence electrons. The molecule has 0 saturated heterocycles. The van der Waals surface area contributed by atoms with Crippen molar-refractivity contribution in [2.75, 3.05) is 7.11 Å². The fourth-order valence-electron chi connectivity index (χ4n) is 0.961. The number of halogens is 3. The summed E-state index contributed by atoms with van der Waals surface area (Å²) in [6, 6.07) is 2.57. The van der Waals surface area contributed by atoms with E-state index in [1.165, 1.54) is 0 Å². The molecule has 1 aromatic rings. The Morgan fingerprint density at radius 2 is 1.88 bits per heavy atom. The lowest BCUT2D eigenvalue weighted by molar-refractivity contribution is -0.0437. The first kappa shape index (κ1) is 12.6. The molecule has 16 heavy (non-hydrogen) atoms. The second-order valence-electron chi connectivity index (χ2n) is 2.78. The maximum absolute atomic E-state index is 12.2. The van der Waals surface area contributed by atoms with Crippen LogP contribution in [0.2, 0.25) is 0 Å². The lowest BCUT2D eigenvalue weighted by Gasteiger charge is -2.10. The predicted molar refractivity (Wildman–Crippen MR) is 47.9 cm³/mol. The standard InChI is InChI=1S/C8H7F3O4S/c1-15-5-2-3-6(12)7(4-5)16(13,14)8(9,10)11/h2-4,12H,1H3. The van der Waals surface area contributed by atoms with E-state index in [0.29, 0.717) is 6.07 Å². The molecule has 1 rings (SSSR count). The third-order valence-electron chi connectivity index (χ3n) is 1.76. The third kappa shape index (κ3) is 2.06. The van der Waals surface area contributed by atoms with Gasteiger partial charge < -0.3 is 9.84 Å². The van der Waals surface area contributed by atoms with Gasteiger partial charge in [0.2, 0.25) is 0 Å². The van der Waals surface area contributed by atoms with Crippen LogP contribution in [0, 0.1) is 0 Å². The maximum atomic E-state index is 12.2. The van der Waals surface area contributed by atoms with Crippen molar-refractivity contribution in [1.29, 1.82) is 0 Å². The summed E-state index contributed by atoms with van der Waals surface area (Å²) in [5.41, 5.74) is -5.46. The number of hydrogen-bond acceptors (Lipinski definition) is 4. The minimum absolute atomic E-state index is 0.0966. The highest BCUT2D eigenvalue weighted by atomic mass is 32.2. The minimum atomic E-state index is -5.57. The molecule has 0 aromatic heterocycles. The van der Waals surface area contributed by atoms with E-state index in [1.807, 2.05) is 0 Å². The van der Waals surface area contributed by atoms with E-state index in [0.717, 1.165) is 19.2 Å². The number of ether oxygens (including phenoxy) is 1. The summed E-state index contributed by atoms with van der Waals surface area (Å²) >= 11 is 0. The normalized spacial score (nSPS) is 12.5. The Morgan fingerprint density at radius 3 is 2.31 bits per heavy atom. The van der Waals surface area contributed by atoms with E-state index in [4.69, 9.17) is 5.11 Å². The number of sulfone groups is 1. The first-order chi connectivity index (χ1) is 7.20. The van der Waals surface area contributed by atoms with Gasteiger partial charge in [-0.3, -0.25) is 0 Å². The smallest absolute Gasteiger partial charge is 0.502 e. The van der Waals surface area contributed by atoms with Crippen LogP contribution in [0.15, 0.2) is 23.1 Å². The molecule has 0 aliphatic rings. The highest BCUT2D eigenvalue weighted by Crippen LogP contribution is 2.36. The number of rotatable bonds is 2. The van der Waals surface area contributed by atoms with Crippen molar-refractivity contribution in [2.24, 2.45) is 0 Å². The molecule has 0 aliphatic heterocycles. The van der Waals surface area contributed by atoms with Gasteiger partial charge in [-0.1, -0.05) is 0 Å². The molecule has 4 nitrogen and oxygen atoms in total. The van der Waals surface area contributed by atoms with E-state index in [-0.39, 0.29) is 5.75 Å². The highest BCUT2D eigenvalue weighted by molar-refractivity contribution is 7.92. The van der Waals surface area contributed by atoms with Gasteiger partial charge >= 0.3 is 5.51 Å². The van der Waals surface area contributed by atoms with Crippen molar-refractivity contribution >= 4 is 9.84 Å². The minimum Gasteiger partial charge on any atom is -0.507 e. The van der Waals surface area contributed by atoms with Crippen molar-refractivity contribution in [2.45, 2.75) is 10.4 Å². The highest BCUT2D eigenvalue weighted by Gasteiger charge is 2.48. The number of benzene rings is 1. The number of phenols is 1. The largest absolute Gasteiger partial charge is 0.507 e. The molecule has 0 spiro atoms. The summed E-state index contributed by atoms with van der Waals surface area (Å²) < 4.78 is 63.2. The predicted octanol–water partition coefficient (Wildman–Crippen LogP) is 1.69. The summed E-state index contributed by atoms with van der Waals surface area (Å²) in [5, 5.41) is 9.09. The van der Waals surface area contributed by atoms with Crippen LogP contribution in [-0.2, 0) is 9.84 Å².